The molecule has 1 atom stereocenters. The van der Waals surface area contributed by atoms with Gasteiger partial charge in [-0.05, 0) is 54.7 Å². The Kier molecular flexibility index (Phi) is 9.51. The Labute approximate surface area is 239 Å². The van der Waals surface area contributed by atoms with Crippen LogP contribution in [0.25, 0.3) is 0 Å². The van der Waals surface area contributed by atoms with Crippen molar-refractivity contribution in [3.8, 4) is 17.7 Å². The van der Waals surface area contributed by atoms with Crippen molar-refractivity contribution in [2.45, 2.75) is 44.2 Å². The number of hydrogen-bond acceptors (Lipinski definition) is 10. The van der Waals surface area contributed by atoms with Crippen LogP contribution >= 0.6 is 0 Å². The van der Waals surface area contributed by atoms with Gasteiger partial charge in [-0.15, -0.1) is 0 Å². The van der Waals surface area contributed by atoms with Crippen LogP contribution in [0, 0.1) is 11.3 Å². The van der Waals surface area contributed by atoms with Crippen molar-refractivity contribution in [2.75, 3.05) is 25.6 Å². The number of fused-ring (bicyclic) bond motifs is 1. The SMILES string of the molecule is COc1ccc(C#N)cc1C(CC(=O)OOC(=O)C(F)(F)F)Cc1cc(OCCc2ccc3c(n2)NCCC3)n(C)n1. The molecule has 1 aliphatic rings. The molecule has 42 heavy (non-hydrogen) atoms. The second-order valence-corrected chi connectivity index (χ2v) is 9.53. The normalized spacial score (nSPS) is 13.2. The number of benzene rings is 1. The molecular weight excluding hydrogens is 559 g/mol. The number of hydrogen-bond donors (Lipinski definition) is 1. The molecule has 3 heterocycles. The van der Waals surface area contributed by atoms with Gasteiger partial charge in [0.2, 0.25) is 5.88 Å². The summed E-state index contributed by atoms with van der Waals surface area (Å²) >= 11 is 0. The summed E-state index contributed by atoms with van der Waals surface area (Å²) in [5, 5.41) is 17.1. The first-order valence-corrected chi connectivity index (χ1v) is 13.0. The van der Waals surface area contributed by atoms with Gasteiger partial charge in [0.25, 0.3) is 0 Å². The van der Waals surface area contributed by atoms with Crippen molar-refractivity contribution >= 4 is 17.8 Å². The Morgan fingerprint density at radius 3 is 2.71 bits per heavy atom. The van der Waals surface area contributed by atoms with Crippen molar-refractivity contribution in [3.63, 3.8) is 0 Å². The number of methoxy groups -OCH3 is 1. The lowest BCUT2D eigenvalue weighted by Crippen LogP contribution is -2.27. The molecule has 2 aromatic heterocycles. The second-order valence-electron chi connectivity index (χ2n) is 9.53. The average molecular weight is 588 g/mol. The van der Waals surface area contributed by atoms with E-state index in [1.165, 1.54) is 35.6 Å². The summed E-state index contributed by atoms with van der Waals surface area (Å²) in [5.74, 6) is -3.00. The molecule has 1 aromatic carbocycles. The zero-order chi connectivity index (χ0) is 30.3. The summed E-state index contributed by atoms with van der Waals surface area (Å²) in [6.07, 6.45) is -3.14. The Balaban J connectivity index is 1.47. The van der Waals surface area contributed by atoms with Gasteiger partial charge in [0.1, 0.15) is 11.6 Å². The third-order valence-electron chi connectivity index (χ3n) is 6.56. The molecular formula is C28H28F3N5O6. The van der Waals surface area contributed by atoms with Crippen LogP contribution in [0.5, 0.6) is 11.6 Å². The first-order valence-electron chi connectivity index (χ1n) is 13.0. The van der Waals surface area contributed by atoms with Gasteiger partial charge in [0.05, 0.1) is 37.5 Å². The Bertz CT molecular complexity index is 1480. The number of nitriles is 1. The van der Waals surface area contributed by atoms with E-state index in [1.807, 2.05) is 12.1 Å². The highest BCUT2D eigenvalue weighted by atomic mass is 19.4. The van der Waals surface area contributed by atoms with E-state index in [9.17, 15) is 28.0 Å². The molecule has 1 unspecified atom stereocenters. The van der Waals surface area contributed by atoms with Crippen LogP contribution in [0.2, 0.25) is 0 Å². The maximum atomic E-state index is 12.4. The first kappa shape index (κ1) is 30.2. The van der Waals surface area contributed by atoms with Crippen LogP contribution in [0.4, 0.5) is 19.0 Å². The van der Waals surface area contributed by atoms with Gasteiger partial charge in [-0.2, -0.15) is 23.5 Å². The molecule has 0 fully saturated rings. The molecule has 3 aromatic rings. The van der Waals surface area contributed by atoms with Crippen molar-refractivity contribution in [1.29, 1.82) is 5.26 Å². The molecule has 0 radical (unpaired) electrons. The number of aromatic nitrogens is 3. The number of anilines is 1. The van der Waals surface area contributed by atoms with Crippen molar-refractivity contribution in [3.05, 3.63) is 64.5 Å². The van der Waals surface area contributed by atoms with Crippen molar-refractivity contribution in [2.24, 2.45) is 7.05 Å². The fourth-order valence-electron chi connectivity index (χ4n) is 4.54. The molecule has 222 valence electrons. The van der Waals surface area contributed by atoms with Gasteiger partial charge in [-0.3, -0.25) is 0 Å². The minimum atomic E-state index is -5.33. The number of aryl methyl sites for hydroxylation is 2. The molecule has 0 aliphatic carbocycles. The van der Waals surface area contributed by atoms with Crippen LogP contribution in [0.15, 0.2) is 36.4 Å². The Morgan fingerprint density at radius 2 is 1.98 bits per heavy atom. The van der Waals surface area contributed by atoms with E-state index in [-0.39, 0.29) is 12.0 Å². The first-order chi connectivity index (χ1) is 20.1. The number of nitrogens with zero attached hydrogens (tertiary/aromatic N) is 4. The number of nitrogens with one attached hydrogen (secondary N) is 1. The highest BCUT2D eigenvalue weighted by Gasteiger charge is 2.43. The van der Waals surface area contributed by atoms with Crippen LogP contribution in [0.3, 0.4) is 0 Å². The Hall–Kier alpha value is -4.80. The van der Waals surface area contributed by atoms with Crippen LogP contribution in [0.1, 0.15) is 46.8 Å². The summed E-state index contributed by atoms with van der Waals surface area (Å²) in [6.45, 7) is 1.21. The smallest absolute Gasteiger partial charge is 0.495 e. The highest BCUT2D eigenvalue weighted by Crippen LogP contribution is 2.34. The number of pyridine rings is 1. The van der Waals surface area contributed by atoms with Crippen molar-refractivity contribution < 1.29 is 42.0 Å². The minimum Gasteiger partial charge on any atom is -0.496 e. The molecule has 0 spiro atoms. The minimum absolute atomic E-state index is 0.0861. The van der Waals surface area contributed by atoms with Crippen LogP contribution in [-0.2, 0) is 45.7 Å². The van der Waals surface area contributed by atoms with Crippen LogP contribution < -0.4 is 14.8 Å². The maximum Gasteiger partial charge on any atom is 0.495 e. The number of halogens is 3. The monoisotopic (exact) mass is 587 g/mol. The zero-order valence-electron chi connectivity index (χ0n) is 22.9. The van der Waals surface area contributed by atoms with Gasteiger partial charge >= 0.3 is 18.1 Å². The molecule has 0 amide bonds. The zero-order valence-corrected chi connectivity index (χ0v) is 22.9. The highest BCUT2D eigenvalue weighted by molar-refractivity contribution is 5.77. The number of ether oxygens (including phenoxy) is 2. The van der Waals surface area contributed by atoms with E-state index in [0.29, 0.717) is 35.9 Å². The molecule has 11 nitrogen and oxygen atoms in total. The molecule has 14 heteroatoms. The van der Waals surface area contributed by atoms with E-state index in [1.54, 1.807) is 13.1 Å². The predicted molar refractivity (Wildman–Crippen MR) is 140 cm³/mol. The summed E-state index contributed by atoms with van der Waals surface area (Å²) in [6, 6.07) is 12.3. The number of alkyl halides is 3. The van der Waals surface area contributed by atoms with Gasteiger partial charge in [0.15, 0.2) is 0 Å². The number of rotatable bonds is 10. The second kappa shape index (κ2) is 13.2. The largest absolute Gasteiger partial charge is 0.496 e. The van der Waals surface area contributed by atoms with E-state index in [2.05, 4.69) is 31.2 Å². The number of carbonyl (C=O) groups is 2. The third-order valence-corrected chi connectivity index (χ3v) is 6.56. The molecule has 0 bridgehead atoms. The van der Waals surface area contributed by atoms with Gasteiger partial charge in [0, 0.05) is 37.7 Å². The maximum absolute atomic E-state index is 12.4. The average Bonchev–Trinajstić information content (AvgIpc) is 3.32. The summed E-state index contributed by atoms with van der Waals surface area (Å²) in [5.41, 5.74) is 3.23. The van der Waals surface area contributed by atoms with Gasteiger partial charge in [-0.1, -0.05) is 6.07 Å². The van der Waals surface area contributed by atoms with Gasteiger partial charge < -0.3 is 14.8 Å². The van der Waals surface area contributed by atoms with Gasteiger partial charge in [-0.25, -0.2) is 29.0 Å². The Morgan fingerprint density at radius 1 is 1.17 bits per heavy atom. The predicted octanol–water partition coefficient (Wildman–Crippen LogP) is 3.96. The lowest BCUT2D eigenvalue weighted by Gasteiger charge is -2.18. The standard InChI is InChI=1S/C28H28F3N5O6/c1-36-24(40-11-9-20-7-6-18-4-3-10-33-26(18)34-20)15-21(35-36)13-19(14-25(37)41-42-27(38)28(29,30)31)22-12-17(16-32)5-8-23(22)39-2/h5-8,12,15,19H,3-4,9-11,13-14H2,1-2H3,(H,33,34). The van der Waals surface area contributed by atoms with Crippen molar-refractivity contribution in [1.82, 2.24) is 14.8 Å². The molecule has 1 N–H and O–H groups in total. The lowest BCUT2D eigenvalue weighted by atomic mass is 9.89. The summed E-state index contributed by atoms with van der Waals surface area (Å²) in [7, 11) is 3.07. The summed E-state index contributed by atoms with van der Waals surface area (Å²) < 4.78 is 50.2. The summed E-state index contributed by atoms with van der Waals surface area (Å²) in [4.78, 5) is 35.8. The lowest BCUT2D eigenvalue weighted by molar-refractivity contribution is -0.286. The fourth-order valence-corrected chi connectivity index (χ4v) is 4.54. The molecule has 0 saturated heterocycles. The van der Waals surface area contributed by atoms with E-state index in [0.717, 1.165) is 30.9 Å². The topological polar surface area (TPSA) is 138 Å². The van der Waals surface area contributed by atoms with E-state index < -0.39 is 30.5 Å². The third kappa shape index (κ3) is 7.68. The molecule has 4 rings (SSSR count). The molecule has 0 saturated carbocycles. The quantitative estimate of drug-likeness (QED) is 0.274. The number of carbonyl (C=O) groups excluding carboxylic acids is 2. The fraction of sp³-hybridized carbons (Fsp3) is 0.393. The van der Waals surface area contributed by atoms with Crippen LogP contribution in [-0.4, -0.2) is 53.1 Å². The molecule has 1 aliphatic heterocycles. The van der Waals surface area contributed by atoms with E-state index >= 15 is 0 Å². The van der Waals surface area contributed by atoms with E-state index in [4.69, 9.17) is 9.47 Å².